The number of pyridine rings is 2. The van der Waals surface area contributed by atoms with E-state index in [1.54, 1.807) is 24.5 Å². The lowest BCUT2D eigenvalue weighted by Crippen LogP contribution is -2.16. The van der Waals surface area contributed by atoms with E-state index in [1.165, 1.54) is 11.8 Å². The smallest absolute Gasteiger partial charge is 0.255 e. The predicted molar refractivity (Wildman–Crippen MR) is 117 cm³/mol. The van der Waals surface area contributed by atoms with Crippen molar-refractivity contribution in [2.75, 3.05) is 10.6 Å². The fraction of sp³-hybridized carbons (Fsp3) is 0.250. The molecular formula is C24H24N4O2. The minimum atomic E-state index is -0.281. The number of benzene rings is 1. The zero-order valence-electron chi connectivity index (χ0n) is 16.9. The molecule has 6 heteroatoms. The van der Waals surface area contributed by atoms with Gasteiger partial charge in [0.15, 0.2) is 0 Å². The van der Waals surface area contributed by atoms with Crippen molar-refractivity contribution in [2.45, 2.75) is 32.6 Å². The van der Waals surface area contributed by atoms with Crippen LogP contribution in [0.15, 0.2) is 61.1 Å². The average Bonchev–Trinajstić information content (AvgIpc) is 3.61. The summed E-state index contributed by atoms with van der Waals surface area (Å²) < 4.78 is 0. The van der Waals surface area contributed by atoms with E-state index >= 15 is 0 Å². The van der Waals surface area contributed by atoms with Crippen molar-refractivity contribution in [3.05, 3.63) is 72.2 Å². The molecular weight excluding hydrogens is 376 g/mol. The molecule has 2 heterocycles. The molecule has 0 saturated heterocycles. The molecule has 0 atom stereocenters. The lowest BCUT2D eigenvalue weighted by Gasteiger charge is -2.12. The van der Waals surface area contributed by atoms with E-state index in [2.05, 4.69) is 51.8 Å². The van der Waals surface area contributed by atoms with Gasteiger partial charge in [-0.25, -0.2) is 4.98 Å². The lowest BCUT2D eigenvalue weighted by molar-refractivity contribution is -0.117. The Morgan fingerprint density at radius 1 is 1.03 bits per heavy atom. The summed E-state index contributed by atoms with van der Waals surface area (Å²) >= 11 is 0. The zero-order valence-corrected chi connectivity index (χ0v) is 16.9. The Labute approximate surface area is 175 Å². The Kier molecular flexibility index (Phi) is 5.84. The summed E-state index contributed by atoms with van der Waals surface area (Å²) in [6.07, 6.45) is 8.85. The fourth-order valence-electron chi connectivity index (χ4n) is 3.29. The lowest BCUT2D eigenvalue weighted by atomic mass is 10.0. The molecule has 3 aromatic rings. The SMILES string of the molecule is CCCc1ccc(-c2ccncc2NC(=O)c2ccnc(NC(=O)C3CC3)c2)cc1. The van der Waals surface area contributed by atoms with Gasteiger partial charge in [0.05, 0.1) is 11.9 Å². The Balaban J connectivity index is 1.52. The third-order valence-electron chi connectivity index (χ3n) is 5.09. The molecule has 1 saturated carbocycles. The Morgan fingerprint density at radius 3 is 2.57 bits per heavy atom. The molecule has 2 N–H and O–H groups in total. The summed E-state index contributed by atoms with van der Waals surface area (Å²) in [4.78, 5) is 33.1. The van der Waals surface area contributed by atoms with Crippen LogP contribution in [0, 0.1) is 5.92 Å². The van der Waals surface area contributed by atoms with Crippen LogP contribution in [-0.4, -0.2) is 21.8 Å². The first-order valence-electron chi connectivity index (χ1n) is 10.3. The van der Waals surface area contributed by atoms with Crippen molar-refractivity contribution in [1.82, 2.24) is 9.97 Å². The predicted octanol–water partition coefficient (Wildman–Crippen LogP) is 4.70. The molecule has 152 valence electrons. The summed E-state index contributed by atoms with van der Waals surface area (Å²) in [5.41, 5.74) is 4.26. The molecule has 6 nitrogen and oxygen atoms in total. The standard InChI is InChI=1S/C24H24N4O2/c1-2-3-16-4-6-17(7-5-16)20-11-12-25-15-21(20)27-24(30)19-10-13-26-22(14-19)28-23(29)18-8-9-18/h4-7,10-15,18H,2-3,8-9H2,1H3,(H,27,30)(H,26,28,29). The van der Waals surface area contributed by atoms with Crippen LogP contribution in [0.4, 0.5) is 11.5 Å². The van der Waals surface area contributed by atoms with E-state index in [4.69, 9.17) is 0 Å². The number of aromatic nitrogens is 2. The number of rotatable bonds is 7. The van der Waals surface area contributed by atoms with E-state index in [0.717, 1.165) is 36.8 Å². The van der Waals surface area contributed by atoms with Crippen LogP contribution in [0.2, 0.25) is 0 Å². The molecule has 0 unspecified atom stereocenters. The normalized spacial score (nSPS) is 13.0. The van der Waals surface area contributed by atoms with Gasteiger partial charge in [-0.05, 0) is 48.6 Å². The van der Waals surface area contributed by atoms with Crippen LogP contribution >= 0.6 is 0 Å². The highest BCUT2D eigenvalue weighted by atomic mass is 16.2. The number of amides is 2. The highest BCUT2D eigenvalue weighted by molar-refractivity contribution is 6.07. The molecule has 0 aliphatic heterocycles. The number of carbonyl (C=O) groups excluding carboxylic acids is 2. The molecule has 30 heavy (non-hydrogen) atoms. The third-order valence-corrected chi connectivity index (χ3v) is 5.09. The second kappa shape index (κ2) is 8.86. The first kappa shape index (κ1) is 19.8. The maximum Gasteiger partial charge on any atom is 0.255 e. The molecule has 1 aromatic carbocycles. The van der Waals surface area contributed by atoms with Crippen molar-refractivity contribution in [3.63, 3.8) is 0 Å². The topological polar surface area (TPSA) is 84.0 Å². The van der Waals surface area contributed by atoms with Gasteiger partial charge in [0.25, 0.3) is 5.91 Å². The largest absolute Gasteiger partial charge is 0.320 e. The van der Waals surface area contributed by atoms with Crippen molar-refractivity contribution >= 4 is 23.3 Å². The van der Waals surface area contributed by atoms with Crippen molar-refractivity contribution < 1.29 is 9.59 Å². The molecule has 4 rings (SSSR count). The number of nitrogens with zero attached hydrogens (tertiary/aromatic N) is 2. The summed E-state index contributed by atoms with van der Waals surface area (Å²) in [6.45, 7) is 2.16. The molecule has 0 bridgehead atoms. The highest BCUT2D eigenvalue weighted by Crippen LogP contribution is 2.30. The Morgan fingerprint density at radius 2 is 1.83 bits per heavy atom. The number of carbonyl (C=O) groups is 2. The van der Waals surface area contributed by atoms with Gasteiger partial charge >= 0.3 is 0 Å². The molecule has 1 fully saturated rings. The maximum atomic E-state index is 12.8. The Hall–Kier alpha value is -3.54. The van der Waals surface area contributed by atoms with Crippen molar-refractivity contribution in [3.8, 4) is 11.1 Å². The van der Waals surface area contributed by atoms with Crippen LogP contribution in [0.3, 0.4) is 0 Å². The number of hydrogen-bond acceptors (Lipinski definition) is 4. The summed E-state index contributed by atoms with van der Waals surface area (Å²) in [5.74, 6) is 0.140. The second-order valence-electron chi connectivity index (χ2n) is 7.52. The molecule has 2 amide bonds. The quantitative estimate of drug-likeness (QED) is 0.602. The second-order valence-corrected chi connectivity index (χ2v) is 7.52. The van der Waals surface area contributed by atoms with E-state index in [-0.39, 0.29) is 17.7 Å². The number of nitrogens with one attached hydrogen (secondary N) is 2. The molecule has 2 aromatic heterocycles. The minimum absolute atomic E-state index is 0.0406. The van der Waals surface area contributed by atoms with Gasteiger partial charge in [-0.15, -0.1) is 0 Å². The van der Waals surface area contributed by atoms with Gasteiger partial charge in [0, 0.05) is 29.4 Å². The van der Waals surface area contributed by atoms with Gasteiger partial charge in [0.1, 0.15) is 5.82 Å². The maximum absolute atomic E-state index is 12.8. The van der Waals surface area contributed by atoms with Crippen LogP contribution < -0.4 is 10.6 Å². The molecule has 0 radical (unpaired) electrons. The average molecular weight is 400 g/mol. The van der Waals surface area contributed by atoms with E-state index < -0.39 is 0 Å². The third kappa shape index (κ3) is 4.71. The van der Waals surface area contributed by atoms with Gasteiger partial charge < -0.3 is 10.6 Å². The van der Waals surface area contributed by atoms with Gasteiger partial charge in [-0.1, -0.05) is 37.6 Å². The Bertz CT molecular complexity index is 1060. The summed E-state index contributed by atoms with van der Waals surface area (Å²) in [6, 6.07) is 13.5. The molecule has 0 spiro atoms. The van der Waals surface area contributed by atoms with Crippen LogP contribution in [0.1, 0.15) is 42.1 Å². The van der Waals surface area contributed by atoms with Crippen LogP contribution in [0.5, 0.6) is 0 Å². The monoisotopic (exact) mass is 400 g/mol. The fourth-order valence-corrected chi connectivity index (χ4v) is 3.29. The summed E-state index contributed by atoms with van der Waals surface area (Å²) in [5, 5.41) is 5.71. The zero-order chi connectivity index (χ0) is 20.9. The summed E-state index contributed by atoms with van der Waals surface area (Å²) in [7, 11) is 0. The van der Waals surface area contributed by atoms with E-state index in [1.807, 2.05) is 6.07 Å². The van der Waals surface area contributed by atoms with E-state index in [9.17, 15) is 9.59 Å². The minimum Gasteiger partial charge on any atom is -0.320 e. The number of anilines is 2. The van der Waals surface area contributed by atoms with Crippen molar-refractivity contribution in [1.29, 1.82) is 0 Å². The van der Waals surface area contributed by atoms with Crippen LogP contribution in [-0.2, 0) is 11.2 Å². The number of hydrogen-bond donors (Lipinski definition) is 2. The first-order valence-corrected chi connectivity index (χ1v) is 10.3. The van der Waals surface area contributed by atoms with Crippen LogP contribution in [0.25, 0.3) is 11.1 Å². The molecule has 1 aliphatic rings. The highest BCUT2D eigenvalue weighted by Gasteiger charge is 2.29. The molecule has 1 aliphatic carbocycles. The van der Waals surface area contributed by atoms with Gasteiger partial charge in [0.2, 0.25) is 5.91 Å². The van der Waals surface area contributed by atoms with E-state index in [0.29, 0.717) is 17.1 Å². The van der Waals surface area contributed by atoms with Gasteiger partial charge in [-0.3, -0.25) is 14.6 Å². The van der Waals surface area contributed by atoms with Crippen molar-refractivity contribution in [2.24, 2.45) is 5.92 Å². The van der Waals surface area contributed by atoms with Gasteiger partial charge in [-0.2, -0.15) is 0 Å². The number of aryl methyl sites for hydroxylation is 1. The first-order chi connectivity index (χ1) is 14.6.